The molecule has 0 bridgehead atoms. The highest BCUT2D eigenvalue weighted by Gasteiger charge is 2.15. The van der Waals surface area contributed by atoms with Crippen molar-refractivity contribution in [3.05, 3.63) is 24.0 Å². The minimum atomic E-state index is 0.264. The molecule has 0 unspecified atom stereocenters. The van der Waals surface area contributed by atoms with E-state index in [2.05, 4.69) is 26.8 Å². The van der Waals surface area contributed by atoms with Crippen molar-refractivity contribution in [1.82, 2.24) is 0 Å². The third-order valence-corrected chi connectivity index (χ3v) is 1.61. The minimum absolute atomic E-state index is 0.264. The SMILES string of the molecule is CC(C)(C)C1=CCOC=C1. The minimum Gasteiger partial charge on any atom is -0.497 e. The van der Waals surface area contributed by atoms with Crippen LogP contribution >= 0.6 is 0 Å². The smallest absolute Gasteiger partial charge is 0.106 e. The van der Waals surface area contributed by atoms with Gasteiger partial charge in [-0.15, -0.1) is 0 Å². The molecular weight excluding hydrogens is 124 g/mol. The van der Waals surface area contributed by atoms with Crippen molar-refractivity contribution in [1.29, 1.82) is 0 Å². The largest absolute Gasteiger partial charge is 0.497 e. The zero-order valence-corrected chi connectivity index (χ0v) is 6.85. The first-order chi connectivity index (χ1) is 4.61. The van der Waals surface area contributed by atoms with E-state index >= 15 is 0 Å². The summed E-state index contributed by atoms with van der Waals surface area (Å²) >= 11 is 0. The summed E-state index contributed by atoms with van der Waals surface area (Å²) in [6.07, 6.45) is 5.92. The van der Waals surface area contributed by atoms with Crippen LogP contribution in [0, 0.1) is 5.41 Å². The first-order valence-corrected chi connectivity index (χ1v) is 3.59. The summed E-state index contributed by atoms with van der Waals surface area (Å²) in [5.74, 6) is 0. The summed E-state index contributed by atoms with van der Waals surface area (Å²) in [6.45, 7) is 7.33. The van der Waals surface area contributed by atoms with Crippen molar-refractivity contribution in [2.24, 2.45) is 5.41 Å². The van der Waals surface area contributed by atoms with Crippen molar-refractivity contribution in [3.8, 4) is 0 Å². The summed E-state index contributed by atoms with van der Waals surface area (Å²) in [5.41, 5.74) is 1.62. The van der Waals surface area contributed by atoms with Crippen LogP contribution in [0.3, 0.4) is 0 Å². The van der Waals surface area contributed by atoms with Crippen LogP contribution in [0.25, 0.3) is 0 Å². The van der Waals surface area contributed by atoms with Crippen molar-refractivity contribution in [2.45, 2.75) is 20.8 Å². The highest BCUT2D eigenvalue weighted by Crippen LogP contribution is 2.27. The number of ether oxygens (including phenoxy) is 1. The van der Waals surface area contributed by atoms with Gasteiger partial charge >= 0.3 is 0 Å². The third-order valence-electron chi connectivity index (χ3n) is 1.61. The summed E-state index contributed by atoms with van der Waals surface area (Å²) < 4.78 is 5.04. The predicted molar refractivity (Wildman–Crippen MR) is 42.6 cm³/mol. The predicted octanol–water partition coefficient (Wildman–Crippen LogP) is 2.50. The van der Waals surface area contributed by atoms with Crippen LogP contribution in [0.1, 0.15) is 20.8 Å². The molecule has 0 aliphatic carbocycles. The Morgan fingerprint density at radius 1 is 1.40 bits per heavy atom. The second kappa shape index (κ2) is 2.49. The molecule has 0 radical (unpaired) electrons. The molecule has 0 aromatic rings. The zero-order valence-electron chi connectivity index (χ0n) is 6.85. The number of rotatable bonds is 0. The summed E-state index contributed by atoms with van der Waals surface area (Å²) in [7, 11) is 0. The first-order valence-electron chi connectivity index (χ1n) is 3.59. The van der Waals surface area contributed by atoms with E-state index in [0.717, 1.165) is 6.61 Å². The third kappa shape index (κ3) is 1.63. The molecule has 0 saturated carbocycles. The van der Waals surface area contributed by atoms with Gasteiger partial charge in [0.05, 0.1) is 6.26 Å². The average molecular weight is 138 g/mol. The van der Waals surface area contributed by atoms with Crippen LogP contribution in [0.2, 0.25) is 0 Å². The van der Waals surface area contributed by atoms with Gasteiger partial charge in [-0.25, -0.2) is 0 Å². The molecule has 1 nitrogen and oxygen atoms in total. The van der Waals surface area contributed by atoms with E-state index in [9.17, 15) is 0 Å². The molecular formula is C9H14O. The molecule has 0 amide bonds. The fourth-order valence-electron chi connectivity index (χ4n) is 0.939. The number of allylic oxidation sites excluding steroid dienone is 2. The highest BCUT2D eigenvalue weighted by molar-refractivity contribution is 5.25. The van der Waals surface area contributed by atoms with Crippen molar-refractivity contribution < 1.29 is 4.74 Å². The Bertz CT molecular complexity index is 170. The van der Waals surface area contributed by atoms with Crippen LogP contribution in [0.4, 0.5) is 0 Å². The lowest BCUT2D eigenvalue weighted by molar-refractivity contribution is 0.279. The van der Waals surface area contributed by atoms with E-state index in [1.807, 2.05) is 6.08 Å². The van der Waals surface area contributed by atoms with Crippen molar-refractivity contribution in [3.63, 3.8) is 0 Å². The molecule has 1 aliphatic heterocycles. The molecule has 0 aromatic carbocycles. The van der Waals surface area contributed by atoms with Crippen molar-refractivity contribution >= 4 is 0 Å². The van der Waals surface area contributed by atoms with Gasteiger partial charge in [0.2, 0.25) is 0 Å². The van der Waals surface area contributed by atoms with Gasteiger partial charge in [0, 0.05) is 0 Å². The van der Waals surface area contributed by atoms with E-state index in [1.165, 1.54) is 5.57 Å². The maximum Gasteiger partial charge on any atom is 0.106 e. The number of hydrogen-bond donors (Lipinski definition) is 0. The molecule has 1 heterocycles. The summed E-state index contributed by atoms with van der Waals surface area (Å²) in [5, 5.41) is 0. The molecule has 0 fully saturated rings. The molecule has 10 heavy (non-hydrogen) atoms. The van der Waals surface area contributed by atoms with Gasteiger partial charge in [0.1, 0.15) is 6.61 Å². The van der Waals surface area contributed by atoms with Gasteiger partial charge in [0.15, 0.2) is 0 Å². The summed E-state index contributed by atoms with van der Waals surface area (Å²) in [6, 6.07) is 0. The van der Waals surface area contributed by atoms with Crippen LogP contribution in [-0.4, -0.2) is 6.61 Å². The molecule has 1 rings (SSSR count). The maximum atomic E-state index is 5.04. The summed E-state index contributed by atoms with van der Waals surface area (Å²) in [4.78, 5) is 0. The Morgan fingerprint density at radius 3 is 2.40 bits per heavy atom. The Kier molecular flexibility index (Phi) is 1.84. The Morgan fingerprint density at radius 2 is 2.10 bits per heavy atom. The Hall–Kier alpha value is -0.720. The lowest BCUT2D eigenvalue weighted by Crippen LogP contribution is -2.10. The van der Waals surface area contributed by atoms with Gasteiger partial charge in [-0.2, -0.15) is 0 Å². The first kappa shape index (κ1) is 7.39. The van der Waals surface area contributed by atoms with Crippen LogP contribution in [-0.2, 0) is 4.74 Å². The lowest BCUT2D eigenvalue weighted by Gasteiger charge is -2.22. The molecule has 0 spiro atoms. The second-order valence-electron chi connectivity index (χ2n) is 3.55. The normalized spacial score (nSPS) is 18.1. The van der Waals surface area contributed by atoms with Gasteiger partial charge in [0.25, 0.3) is 0 Å². The van der Waals surface area contributed by atoms with Gasteiger partial charge in [-0.1, -0.05) is 20.8 Å². The van der Waals surface area contributed by atoms with E-state index in [1.54, 1.807) is 6.26 Å². The van der Waals surface area contributed by atoms with E-state index < -0.39 is 0 Å². The monoisotopic (exact) mass is 138 g/mol. The fourth-order valence-corrected chi connectivity index (χ4v) is 0.939. The van der Waals surface area contributed by atoms with Gasteiger partial charge in [-0.05, 0) is 23.1 Å². The van der Waals surface area contributed by atoms with Crippen LogP contribution < -0.4 is 0 Å². The van der Waals surface area contributed by atoms with Gasteiger partial charge < -0.3 is 4.74 Å². The van der Waals surface area contributed by atoms with E-state index in [4.69, 9.17) is 4.74 Å². The lowest BCUT2D eigenvalue weighted by atomic mass is 9.86. The molecule has 1 heteroatoms. The number of hydrogen-bond acceptors (Lipinski definition) is 1. The quantitative estimate of drug-likeness (QED) is 0.499. The van der Waals surface area contributed by atoms with Crippen molar-refractivity contribution in [2.75, 3.05) is 6.61 Å². The Balaban J connectivity index is 2.73. The molecule has 0 atom stereocenters. The van der Waals surface area contributed by atoms with Crippen LogP contribution in [0.15, 0.2) is 24.0 Å². The van der Waals surface area contributed by atoms with E-state index in [-0.39, 0.29) is 5.41 Å². The molecule has 1 aliphatic rings. The molecule has 0 saturated heterocycles. The standard InChI is InChI=1S/C9H14O/c1-9(2,3)8-4-6-10-7-5-8/h4-6H,7H2,1-3H3. The molecule has 0 aromatic heterocycles. The molecule has 0 N–H and O–H groups in total. The second-order valence-corrected chi connectivity index (χ2v) is 3.55. The van der Waals surface area contributed by atoms with Crippen LogP contribution in [0.5, 0.6) is 0 Å². The average Bonchev–Trinajstić information content (AvgIpc) is 1.88. The van der Waals surface area contributed by atoms with Gasteiger partial charge in [-0.3, -0.25) is 0 Å². The fraction of sp³-hybridized carbons (Fsp3) is 0.556. The van der Waals surface area contributed by atoms with E-state index in [0.29, 0.717) is 0 Å². The zero-order chi connectivity index (χ0) is 7.61. The maximum absolute atomic E-state index is 5.04. The molecule has 56 valence electrons. The highest BCUT2D eigenvalue weighted by atomic mass is 16.5. The topological polar surface area (TPSA) is 9.23 Å². The Labute approximate surface area is 62.4 Å².